The van der Waals surface area contributed by atoms with Crippen LogP contribution in [-0.2, 0) is 14.3 Å². The van der Waals surface area contributed by atoms with E-state index in [1.807, 2.05) is 6.92 Å². The molecule has 1 heterocycles. The van der Waals surface area contributed by atoms with Crippen LogP contribution in [0.15, 0.2) is 0 Å². The van der Waals surface area contributed by atoms with Gasteiger partial charge in [0.2, 0.25) is 0 Å². The van der Waals surface area contributed by atoms with Crippen molar-refractivity contribution in [2.24, 2.45) is 0 Å². The third kappa shape index (κ3) is 5.04. The smallest absolute Gasteiger partial charge is 0.325 e. The number of rotatable bonds is 9. The van der Waals surface area contributed by atoms with Crippen molar-refractivity contribution in [3.63, 3.8) is 0 Å². The Morgan fingerprint density at radius 3 is 2.75 bits per heavy atom. The van der Waals surface area contributed by atoms with Crippen molar-refractivity contribution in [2.75, 3.05) is 40.4 Å². The van der Waals surface area contributed by atoms with E-state index < -0.39 is 5.54 Å². The minimum atomic E-state index is -0.564. The molecule has 0 aromatic heterocycles. The fourth-order valence-corrected chi connectivity index (χ4v) is 2.74. The number of nitrogens with one attached hydrogen (secondary N) is 1. The molecule has 5 heteroatoms. The first-order valence-electron chi connectivity index (χ1n) is 7.64. The highest BCUT2D eigenvalue weighted by Gasteiger charge is 2.33. The van der Waals surface area contributed by atoms with E-state index in [2.05, 4.69) is 17.1 Å². The second-order valence-electron chi connectivity index (χ2n) is 5.80. The van der Waals surface area contributed by atoms with Crippen LogP contribution in [0.4, 0.5) is 0 Å². The fourth-order valence-electron chi connectivity index (χ4n) is 2.74. The topological polar surface area (TPSA) is 50.8 Å². The quantitative estimate of drug-likeness (QED) is 0.650. The van der Waals surface area contributed by atoms with Gasteiger partial charge in [-0.3, -0.25) is 4.79 Å². The summed E-state index contributed by atoms with van der Waals surface area (Å²) in [5.74, 6) is -0.165. The van der Waals surface area contributed by atoms with Crippen molar-refractivity contribution < 1.29 is 14.3 Å². The minimum absolute atomic E-state index is 0.165. The molecule has 1 N–H and O–H groups in total. The van der Waals surface area contributed by atoms with E-state index in [0.717, 1.165) is 51.9 Å². The summed E-state index contributed by atoms with van der Waals surface area (Å²) in [5.41, 5.74) is -0.564. The number of methoxy groups -OCH3 is 2. The highest BCUT2D eigenvalue weighted by atomic mass is 16.5. The molecule has 2 unspecified atom stereocenters. The Morgan fingerprint density at radius 2 is 2.20 bits per heavy atom. The maximum absolute atomic E-state index is 11.9. The normalized spacial score (nSPS) is 22.7. The summed E-state index contributed by atoms with van der Waals surface area (Å²) >= 11 is 0. The predicted molar refractivity (Wildman–Crippen MR) is 79.8 cm³/mol. The van der Waals surface area contributed by atoms with Crippen molar-refractivity contribution in [2.45, 2.75) is 51.2 Å². The third-order valence-electron chi connectivity index (χ3n) is 4.11. The number of likely N-dealkylation sites (tertiary alicyclic amines) is 1. The van der Waals surface area contributed by atoms with Gasteiger partial charge in [-0.2, -0.15) is 0 Å². The van der Waals surface area contributed by atoms with Gasteiger partial charge in [0, 0.05) is 20.2 Å². The van der Waals surface area contributed by atoms with Crippen molar-refractivity contribution in [1.82, 2.24) is 10.2 Å². The van der Waals surface area contributed by atoms with Gasteiger partial charge < -0.3 is 19.7 Å². The molecule has 1 aliphatic rings. The molecule has 0 aromatic carbocycles. The second kappa shape index (κ2) is 8.60. The molecule has 0 aliphatic carbocycles. The van der Waals surface area contributed by atoms with Crippen LogP contribution in [0, 0.1) is 0 Å². The molecule has 0 saturated carbocycles. The number of nitrogens with zero attached hydrogens (tertiary/aromatic N) is 1. The first-order valence-corrected chi connectivity index (χ1v) is 7.64. The zero-order valence-electron chi connectivity index (χ0n) is 13.4. The standard InChI is InChI=1S/C15H30N2O3/c1-5-9-16-15(2,14(18)20-4)8-6-10-17-11-7-13(12-17)19-3/h13,16H,5-12H2,1-4H3. The van der Waals surface area contributed by atoms with E-state index >= 15 is 0 Å². The van der Waals surface area contributed by atoms with Crippen LogP contribution < -0.4 is 5.32 Å². The Labute approximate surface area is 123 Å². The average Bonchev–Trinajstić information content (AvgIpc) is 2.92. The van der Waals surface area contributed by atoms with Gasteiger partial charge in [-0.1, -0.05) is 6.92 Å². The van der Waals surface area contributed by atoms with Crippen LogP contribution in [0.5, 0.6) is 0 Å². The molecule has 2 atom stereocenters. The lowest BCUT2D eigenvalue weighted by molar-refractivity contribution is -0.148. The van der Waals surface area contributed by atoms with Gasteiger partial charge in [-0.05, 0) is 45.7 Å². The molecule has 0 radical (unpaired) electrons. The lowest BCUT2D eigenvalue weighted by Crippen LogP contribution is -2.50. The van der Waals surface area contributed by atoms with Crippen LogP contribution >= 0.6 is 0 Å². The van der Waals surface area contributed by atoms with E-state index in [9.17, 15) is 4.79 Å². The zero-order valence-corrected chi connectivity index (χ0v) is 13.4. The molecule has 1 fully saturated rings. The summed E-state index contributed by atoms with van der Waals surface area (Å²) in [4.78, 5) is 14.4. The maximum atomic E-state index is 11.9. The fraction of sp³-hybridized carbons (Fsp3) is 0.933. The Bertz CT molecular complexity index is 299. The molecule has 1 saturated heterocycles. The summed E-state index contributed by atoms with van der Waals surface area (Å²) in [6.45, 7) is 7.99. The zero-order chi connectivity index (χ0) is 15.0. The molecule has 1 aliphatic heterocycles. The van der Waals surface area contributed by atoms with Crippen LogP contribution in [0.2, 0.25) is 0 Å². The van der Waals surface area contributed by atoms with Gasteiger partial charge in [0.15, 0.2) is 0 Å². The van der Waals surface area contributed by atoms with Gasteiger partial charge in [0.25, 0.3) is 0 Å². The molecular weight excluding hydrogens is 256 g/mol. The van der Waals surface area contributed by atoms with Crippen molar-refractivity contribution >= 4 is 5.97 Å². The van der Waals surface area contributed by atoms with Crippen LogP contribution in [0.1, 0.15) is 39.5 Å². The summed E-state index contributed by atoms with van der Waals surface area (Å²) < 4.78 is 10.3. The highest BCUT2D eigenvalue weighted by molar-refractivity contribution is 5.80. The van der Waals surface area contributed by atoms with Gasteiger partial charge in [-0.15, -0.1) is 0 Å². The molecule has 20 heavy (non-hydrogen) atoms. The number of hydrogen-bond acceptors (Lipinski definition) is 5. The molecule has 0 spiro atoms. The molecule has 5 nitrogen and oxygen atoms in total. The Balaban J connectivity index is 2.36. The van der Waals surface area contributed by atoms with E-state index in [4.69, 9.17) is 9.47 Å². The first-order chi connectivity index (χ1) is 9.55. The monoisotopic (exact) mass is 286 g/mol. The summed E-state index contributed by atoms with van der Waals surface area (Å²) in [6, 6.07) is 0. The average molecular weight is 286 g/mol. The first kappa shape index (κ1) is 17.4. The van der Waals surface area contributed by atoms with E-state index in [1.54, 1.807) is 7.11 Å². The van der Waals surface area contributed by atoms with Crippen molar-refractivity contribution in [1.29, 1.82) is 0 Å². The molecule has 0 bridgehead atoms. The molecule has 0 aromatic rings. The van der Waals surface area contributed by atoms with E-state index in [-0.39, 0.29) is 5.97 Å². The van der Waals surface area contributed by atoms with Gasteiger partial charge in [0.1, 0.15) is 5.54 Å². The second-order valence-corrected chi connectivity index (χ2v) is 5.80. The van der Waals surface area contributed by atoms with Crippen molar-refractivity contribution in [3.05, 3.63) is 0 Å². The summed E-state index contributed by atoms with van der Waals surface area (Å²) in [6.07, 6.45) is 4.28. The van der Waals surface area contributed by atoms with Gasteiger partial charge >= 0.3 is 5.97 Å². The molecule has 118 valence electrons. The SMILES string of the molecule is CCCNC(C)(CCCN1CCC(OC)C1)C(=O)OC. The van der Waals surface area contributed by atoms with Gasteiger partial charge in [0.05, 0.1) is 13.2 Å². The Morgan fingerprint density at radius 1 is 1.45 bits per heavy atom. The predicted octanol–water partition coefficient (Wildman–Crippen LogP) is 1.42. The lowest BCUT2D eigenvalue weighted by Gasteiger charge is -2.28. The Kier molecular flexibility index (Phi) is 7.48. The van der Waals surface area contributed by atoms with Crippen LogP contribution in [0.25, 0.3) is 0 Å². The Hall–Kier alpha value is -0.650. The largest absolute Gasteiger partial charge is 0.468 e. The minimum Gasteiger partial charge on any atom is -0.468 e. The number of carbonyl (C=O) groups is 1. The summed E-state index contributed by atoms with van der Waals surface area (Å²) in [5, 5.41) is 3.32. The number of hydrogen-bond donors (Lipinski definition) is 1. The molecule has 0 amide bonds. The van der Waals surface area contributed by atoms with Crippen LogP contribution in [-0.4, -0.2) is 62.9 Å². The van der Waals surface area contributed by atoms with E-state index in [0.29, 0.717) is 6.10 Å². The molecule has 1 rings (SSSR count). The lowest BCUT2D eigenvalue weighted by atomic mass is 9.95. The number of ether oxygens (including phenoxy) is 2. The van der Waals surface area contributed by atoms with E-state index in [1.165, 1.54) is 7.11 Å². The van der Waals surface area contributed by atoms with Crippen molar-refractivity contribution in [3.8, 4) is 0 Å². The van der Waals surface area contributed by atoms with Gasteiger partial charge in [-0.25, -0.2) is 0 Å². The number of esters is 1. The molecular formula is C15H30N2O3. The summed E-state index contributed by atoms with van der Waals surface area (Å²) in [7, 11) is 3.23. The van der Waals surface area contributed by atoms with Crippen LogP contribution in [0.3, 0.4) is 0 Å². The maximum Gasteiger partial charge on any atom is 0.325 e. The third-order valence-corrected chi connectivity index (χ3v) is 4.11. The number of carbonyl (C=O) groups excluding carboxylic acids is 1. The highest BCUT2D eigenvalue weighted by Crippen LogP contribution is 2.17.